The van der Waals surface area contributed by atoms with Crippen LogP contribution in [-0.4, -0.2) is 33.5 Å². The number of carbonyl (C=O) groups excluding carboxylic acids is 2. The van der Waals surface area contributed by atoms with Crippen LogP contribution in [0, 0.1) is 0 Å². The summed E-state index contributed by atoms with van der Waals surface area (Å²) in [5.41, 5.74) is 0.769. The second-order valence-corrected chi connectivity index (χ2v) is 6.90. The fraction of sp³-hybridized carbons (Fsp3) is 0.176. The molecule has 2 aromatic rings. The maximum absolute atomic E-state index is 12.2. The lowest BCUT2D eigenvalue weighted by Crippen LogP contribution is -2.30. The Bertz CT molecular complexity index is 892. The van der Waals surface area contributed by atoms with E-state index in [-0.39, 0.29) is 4.90 Å². The highest BCUT2D eigenvalue weighted by molar-refractivity contribution is 7.89. The van der Waals surface area contributed by atoms with Crippen molar-refractivity contribution in [3.8, 4) is 5.75 Å². The number of sulfonamides is 1. The van der Waals surface area contributed by atoms with Crippen LogP contribution in [0.25, 0.3) is 0 Å². The lowest BCUT2D eigenvalue weighted by atomic mass is 10.2. The van der Waals surface area contributed by atoms with Gasteiger partial charge in [0.15, 0.2) is 6.10 Å². The standard InChI is InChI=1S/C17H18N2O6S/c1-11(25-14-7-3-12(4-8-14)17(21)24-2)16(20)19-13-5-9-15(10-6-13)26(18,22)23/h3-11H,1-2H3,(H,19,20)(H2,18,22,23)/t11-/m1/s1. The van der Waals surface area contributed by atoms with Crippen molar-refractivity contribution < 1.29 is 27.5 Å². The minimum absolute atomic E-state index is 0.0505. The third-order valence-corrected chi connectivity index (χ3v) is 4.34. The van der Waals surface area contributed by atoms with Gasteiger partial charge in [0.05, 0.1) is 17.6 Å². The molecule has 0 spiro atoms. The number of benzene rings is 2. The second-order valence-electron chi connectivity index (χ2n) is 5.33. The first kappa shape index (κ1) is 19.4. The van der Waals surface area contributed by atoms with Gasteiger partial charge < -0.3 is 14.8 Å². The van der Waals surface area contributed by atoms with E-state index in [1.165, 1.54) is 43.5 Å². The van der Waals surface area contributed by atoms with Crippen LogP contribution in [0.15, 0.2) is 53.4 Å². The SMILES string of the molecule is COC(=O)c1ccc(O[C@H](C)C(=O)Nc2ccc(S(N)(=O)=O)cc2)cc1. The van der Waals surface area contributed by atoms with E-state index in [0.29, 0.717) is 17.0 Å². The summed E-state index contributed by atoms with van der Waals surface area (Å²) in [6, 6.07) is 11.6. The number of primary sulfonamides is 1. The molecular formula is C17H18N2O6S. The predicted octanol–water partition coefficient (Wildman–Crippen LogP) is 1.53. The van der Waals surface area contributed by atoms with Crippen LogP contribution in [0.4, 0.5) is 5.69 Å². The van der Waals surface area contributed by atoms with E-state index < -0.39 is 28.0 Å². The molecule has 3 N–H and O–H groups in total. The minimum Gasteiger partial charge on any atom is -0.481 e. The zero-order valence-corrected chi connectivity index (χ0v) is 14.9. The van der Waals surface area contributed by atoms with Gasteiger partial charge in [0.1, 0.15) is 5.75 Å². The number of carbonyl (C=O) groups is 2. The highest BCUT2D eigenvalue weighted by atomic mass is 32.2. The van der Waals surface area contributed by atoms with Crippen LogP contribution in [0.3, 0.4) is 0 Å². The lowest BCUT2D eigenvalue weighted by molar-refractivity contribution is -0.122. The van der Waals surface area contributed by atoms with Gasteiger partial charge in [0, 0.05) is 5.69 Å². The normalized spacial score (nSPS) is 12.1. The van der Waals surface area contributed by atoms with Gasteiger partial charge in [-0.3, -0.25) is 4.79 Å². The van der Waals surface area contributed by atoms with E-state index in [0.717, 1.165) is 0 Å². The zero-order chi connectivity index (χ0) is 19.3. The molecule has 2 aromatic carbocycles. The predicted molar refractivity (Wildman–Crippen MR) is 94.3 cm³/mol. The number of nitrogens with two attached hydrogens (primary N) is 1. The summed E-state index contributed by atoms with van der Waals surface area (Å²) in [4.78, 5) is 23.5. The van der Waals surface area contributed by atoms with Crippen molar-refractivity contribution in [1.29, 1.82) is 0 Å². The summed E-state index contributed by atoms with van der Waals surface area (Å²) >= 11 is 0. The van der Waals surface area contributed by atoms with Crippen LogP contribution in [0.1, 0.15) is 17.3 Å². The molecule has 2 rings (SSSR count). The Morgan fingerprint density at radius 2 is 1.62 bits per heavy atom. The number of ether oxygens (including phenoxy) is 2. The van der Waals surface area contributed by atoms with E-state index in [1.807, 2.05) is 0 Å². The fourth-order valence-corrected chi connectivity index (χ4v) is 2.53. The molecule has 0 radical (unpaired) electrons. The van der Waals surface area contributed by atoms with Crippen molar-refractivity contribution in [1.82, 2.24) is 0 Å². The molecule has 0 saturated heterocycles. The summed E-state index contributed by atoms with van der Waals surface area (Å²) in [5, 5.41) is 7.62. The smallest absolute Gasteiger partial charge is 0.337 e. The summed E-state index contributed by atoms with van der Waals surface area (Å²) in [5.74, 6) is -0.486. The minimum atomic E-state index is -3.79. The number of hydrogen-bond acceptors (Lipinski definition) is 6. The number of hydrogen-bond donors (Lipinski definition) is 2. The Kier molecular flexibility index (Phi) is 5.96. The van der Waals surface area contributed by atoms with Crippen LogP contribution in [0.2, 0.25) is 0 Å². The Labute approximate surface area is 151 Å². The molecule has 0 heterocycles. The topological polar surface area (TPSA) is 125 Å². The third kappa shape index (κ3) is 5.04. The van der Waals surface area contributed by atoms with Gasteiger partial charge in [0.2, 0.25) is 10.0 Å². The highest BCUT2D eigenvalue weighted by Crippen LogP contribution is 2.16. The maximum Gasteiger partial charge on any atom is 0.337 e. The van der Waals surface area contributed by atoms with Gasteiger partial charge >= 0.3 is 5.97 Å². The van der Waals surface area contributed by atoms with Gasteiger partial charge in [0.25, 0.3) is 5.91 Å². The average molecular weight is 378 g/mol. The van der Waals surface area contributed by atoms with Crippen molar-refractivity contribution in [2.45, 2.75) is 17.9 Å². The van der Waals surface area contributed by atoms with Crippen LogP contribution in [0.5, 0.6) is 5.75 Å². The Morgan fingerprint density at radius 3 is 2.12 bits per heavy atom. The number of anilines is 1. The van der Waals surface area contributed by atoms with Gasteiger partial charge in [-0.1, -0.05) is 0 Å². The first-order chi connectivity index (χ1) is 12.2. The summed E-state index contributed by atoms with van der Waals surface area (Å²) < 4.78 is 32.5. The van der Waals surface area contributed by atoms with Crippen LogP contribution >= 0.6 is 0 Å². The monoisotopic (exact) mass is 378 g/mol. The van der Waals surface area contributed by atoms with E-state index in [9.17, 15) is 18.0 Å². The molecule has 0 saturated carbocycles. The van der Waals surface area contributed by atoms with Gasteiger partial charge in [-0.2, -0.15) is 0 Å². The molecule has 0 bridgehead atoms. The molecule has 26 heavy (non-hydrogen) atoms. The van der Waals surface area contributed by atoms with Gasteiger partial charge in [-0.05, 0) is 55.5 Å². The molecule has 1 atom stereocenters. The third-order valence-electron chi connectivity index (χ3n) is 3.41. The summed E-state index contributed by atoms with van der Waals surface area (Å²) in [7, 11) is -2.50. The lowest BCUT2D eigenvalue weighted by Gasteiger charge is -2.15. The molecule has 138 valence electrons. The van der Waals surface area contributed by atoms with Gasteiger partial charge in [-0.15, -0.1) is 0 Å². The van der Waals surface area contributed by atoms with Crippen molar-refractivity contribution in [2.24, 2.45) is 5.14 Å². The quantitative estimate of drug-likeness (QED) is 0.735. The Hall–Kier alpha value is -2.91. The first-order valence-electron chi connectivity index (χ1n) is 7.49. The summed E-state index contributed by atoms with van der Waals surface area (Å²) in [6.07, 6.45) is -0.822. The van der Waals surface area contributed by atoms with Crippen LogP contribution < -0.4 is 15.2 Å². The molecular weight excluding hydrogens is 360 g/mol. The number of amides is 1. The zero-order valence-electron chi connectivity index (χ0n) is 14.1. The molecule has 1 amide bonds. The highest BCUT2D eigenvalue weighted by Gasteiger charge is 2.16. The molecule has 0 aliphatic rings. The molecule has 8 nitrogen and oxygen atoms in total. The Balaban J connectivity index is 1.98. The maximum atomic E-state index is 12.2. The van der Waals surface area contributed by atoms with Crippen molar-refractivity contribution in [3.05, 3.63) is 54.1 Å². The molecule has 0 unspecified atom stereocenters. The molecule has 0 aromatic heterocycles. The number of methoxy groups -OCH3 is 1. The molecule has 0 aliphatic heterocycles. The molecule has 0 aliphatic carbocycles. The van der Waals surface area contributed by atoms with Gasteiger partial charge in [-0.25, -0.2) is 18.4 Å². The van der Waals surface area contributed by atoms with Crippen molar-refractivity contribution in [2.75, 3.05) is 12.4 Å². The number of rotatable bonds is 6. The first-order valence-corrected chi connectivity index (χ1v) is 9.04. The largest absolute Gasteiger partial charge is 0.481 e. The Morgan fingerprint density at radius 1 is 1.04 bits per heavy atom. The number of esters is 1. The van der Waals surface area contributed by atoms with Crippen molar-refractivity contribution in [3.63, 3.8) is 0 Å². The van der Waals surface area contributed by atoms with E-state index >= 15 is 0 Å². The average Bonchev–Trinajstić information content (AvgIpc) is 2.61. The fourth-order valence-electron chi connectivity index (χ4n) is 2.02. The van der Waals surface area contributed by atoms with Crippen molar-refractivity contribution >= 4 is 27.6 Å². The molecule has 0 fully saturated rings. The second kappa shape index (κ2) is 7.98. The van der Waals surface area contributed by atoms with Crippen LogP contribution in [-0.2, 0) is 19.6 Å². The number of nitrogens with one attached hydrogen (secondary N) is 1. The van der Waals surface area contributed by atoms with E-state index in [1.54, 1.807) is 19.1 Å². The van der Waals surface area contributed by atoms with E-state index in [4.69, 9.17) is 9.88 Å². The van der Waals surface area contributed by atoms with E-state index in [2.05, 4.69) is 10.1 Å². The summed E-state index contributed by atoms with van der Waals surface area (Å²) in [6.45, 7) is 1.56. The molecule has 9 heteroatoms.